The predicted octanol–water partition coefficient (Wildman–Crippen LogP) is 7.14. The van der Waals surface area contributed by atoms with Gasteiger partial charge in [0.2, 0.25) is 0 Å². The van der Waals surface area contributed by atoms with E-state index in [1.54, 1.807) is 0 Å². The molecule has 6 heteroatoms. The fraction of sp³-hybridized carbons (Fsp3) is 0.483. The normalized spacial score (nSPS) is 18.8. The van der Waals surface area contributed by atoms with Crippen molar-refractivity contribution >= 4 is 34.2 Å². The van der Waals surface area contributed by atoms with Crippen molar-refractivity contribution in [2.24, 2.45) is 5.92 Å². The summed E-state index contributed by atoms with van der Waals surface area (Å²) in [5, 5.41) is 12.2. The lowest BCUT2D eigenvalue weighted by Crippen LogP contribution is -2.42. The zero-order chi connectivity index (χ0) is 25.2. The van der Waals surface area contributed by atoms with Crippen LogP contribution in [0.15, 0.2) is 30.3 Å². The van der Waals surface area contributed by atoms with Crippen molar-refractivity contribution < 1.29 is 14.6 Å². The summed E-state index contributed by atoms with van der Waals surface area (Å²) in [5.74, 6) is -0.256. The fourth-order valence-electron chi connectivity index (χ4n) is 5.62. The van der Waals surface area contributed by atoms with E-state index >= 15 is 0 Å². The smallest absolute Gasteiger partial charge is 0.337 e. The van der Waals surface area contributed by atoms with E-state index in [2.05, 4.69) is 36.3 Å². The van der Waals surface area contributed by atoms with Gasteiger partial charge in [0.1, 0.15) is 0 Å². The van der Waals surface area contributed by atoms with Crippen LogP contribution < -0.4 is 4.90 Å². The molecule has 2 aromatic carbocycles. The summed E-state index contributed by atoms with van der Waals surface area (Å²) in [6, 6.07) is 10.3. The Labute approximate surface area is 212 Å². The van der Waals surface area contributed by atoms with Crippen LogP contribution >= 0.6 is 11.6 Å². The molecule has 5 nitrogen and oxygen atoms in total. The summed E-state index contributed by atoms with van der Waals surface area (Å²) < 4.78 is 8.67. The number of carboxylic acid groups (broad SMARTS) is 1. The first-order valence-electron chi connectivity index (χ1n) is 12.6. The van der Waals surface area contributed by atoms with Gasteiger partial charge in [-0.2, -0.15) is 0 Å². The van der Waals surface area contributed by atoms with Crippen LogP contribution in [0.3, 0.4) is 0 Å². The summed E-state index contributed by atoms with van der Waals surface area (Å²) in [4.78, 5) is 15.3. The lowest BCUT2D eigenvalue weighted by atomic mass is 9.86. The maximum absolute atomic E-state index is 12.8. The number of rotatable bonds is 6. The number of hydrogen-bond donors (Lipinski definition) is 1. The van der Waals surface area contributed by atoms with Crippen LogP contribution in [0.1, 0.15) is 63.5 Å². The zero-order valence-corrected chi connectivity index (χ0v) is 22.2. The van der Waals surface area contributed by atoms with E-state index in [4.69, 9.17) is 16.3 Å². The van der Waals surface area contributed by atoms with Crippen molar-refractivity contribution in [2.45, 2.75) is 78.7 Å². The van der Waals surface area contributed by atoms with Crippen LogP contribution in [0.4, 0.5) is 5.69 Å². The maximum Gasteiger partial charge on any atom is 0.337 e. The molecule has 1 aliphatic heterocycles. The van der Waals surface area contributed by atoms with Gasteiger partial charge in [0.05, 0.1) is 16.8 Å². The van der Waals surface area contributed by atoms with Crippen molar-refractivity contribution in [3.8, 4) is 11.1 Å². The Morgan fingerprint density at radius 3 is 2.43 bits per heavy atom. The Hall–Kier alpha value is -2.50. The number of aryl methyl sites for hydroxylation is 1. The Kier molecular flexibility index (Phi) is 5.92. The molecule has 1 N–H and O–H groups in total. The van der Waals surface area contributed by atoms with E-state index in [0.29, 0.717) is 11.1 Å². The van der Waals surface area contributed by atoms with Crippen molar-refractivity contribution in [2.75, 3.05) is 11.4 Å². The molecule has 1 fully saturated rings. The summed E-state index contributed by atoms with van der Waals surface area (Å²) in [5.41, 5.74) is 6.54. The molecule has 5 rings (SSSR count). The minimum Gasteiger partial charge on any atom is -0.479 e. The number of aromatic nitrogens is 1. The molecule has 1 saturated carbocycles. The Morgan fingerprint density at radius 2 is 1.86 bits per heavy atom. The molecule has 3 aromatic rings. The zero-order valence-electron chi connectivity index (χ0n) is 21.5. The quantitative estimate of drug-likeness (QED) is 0.395. The van der Waals surface area contributed by atoms with Crippen LogP contribution in [0.5, 0.6) is 0 Å². The van der Waals surface area contributed by atoms with E-state index in [1.807, 2.05) is 45.0 Å². The number of aliphatic carboxylic acids is 1. The topological polar surface area (TPSA) is 54.7 Å². The number of halogens is 1. The largest absolute Gasteiger partial charge is 0.479 e. The number of anilines is 1. The molecule has 2 atom stereocenters. The van der Waals surface area contributed by atoms with Crippen LogP contribution in [0, 0.1) is 19.8 Å². The van der Waals surface area contributed by atoms with Crippen LogP contribution in [-0.2, 0) is 16.1 Å². The van der Waals surface area contributed by atoms with Gasteiger partial charge >= 0.3 is 5.97 Å². The van der Waals surface area contributed by atoms with Crippen molar-refractivity contribution in [3.63, 3.8) is 0 Å². The van der Waals surface area contributed by atoms with E-state index in [0.717, 1.165) is 52.3 Å². The van der Waals surface area contributed by atoms with Gasteiger partial charge in [-0.1, -0.05) is 23.7 Å². The summed E-state index contributed by atoms with van der Waals surface area (Å²) in [6.45, 7) is 14.2. The third kappa shape index (κ3) is 4.34. The average Bonchev–Trinajstić information content (AvgIpc) is 3.53. The summed E-state index contributed by atoms with van der Waals surface area (Å²) in [7, 11) is 0. The molecule has 1 aliphatic carbocycles. The van der Waals surface area contributed by atoms with Gasteiger partial charge in [-0.05, 0) is 95.2 Å². The third-order valence-electron chi connectivity index (χ3n) is 7.33. The van der Waals surface area contributed by atoms with Crippen molar-refractivity contribution in [1.29, 1.82) is 0 Å². The first kappa shape index (κ1) is 24.2. The fourth-order valence-corrected chi connectivity index (χ4v) is 5.75. The summed E-state index contributed by atoms with van der Waals surface area (Å²) >= 11 is 6.23. The molecule has 35 heavy (non-hydrogen) atoms. The standard InChI is InChI=1S/C29H35ClN2O3/c1-16-13-22-24(20-9-11-21(30)12-10-20)23(27(28(33)34)35-29(4,5)6)18(3)25-26(22)31(16)14-17(2)32(25)15-19-7-8-19/h9-13,17,19,27H,7-8,14-15H2,1-6H3,(H,33,34)/t17-,27-/m0/s1. The van der Waals surface area contributed by atoms with Crippen LogP contribution in [0.25, 0.3) is 22.0 Å². The molecule has 0 unspecified atom stereocenters. The second-order valence-corrected chi connectivity index (χ2v) is 11.8. The molecule has 0 bridgehead atoms. The molecule has 0 saturated heterocycles. The van der Waals surface area contributed by atoms with Gasteiger partial charge in [0.15, 0.2) is 6.10 Å². The maximum atomic E-state index is 12.8. The summed E-state index contributed by atoms with van der Waals surface area (Å²) in [6.07, 6.45) is 1.45. The predicted molar refractivity (Wildman–Crippen MR) is 143 cm³/mol. The Morgan fingerprint density at radius 1 is 1.20 bits per heavy atom. The Balaban J connectivity index is 1.88. The first-order valence-corrected chi connectivity index (χ1v) is 12.9. The van der Waals surface area contributed by atoms with Gasteiger partial charge in [-0.25, -0.2) is 4.79 Å². The van der Waals surface area contributed by atoms with E-state index < -0.39 is 17.7 Å². The lowest BCUT2D eigenvalue weighted by molar-refractivity contribution is -0.160. The third-order valence-corrected chi connectivity index (χ3v) is 7.59. The molecule has 2 heterocycles. The first-order chi connectivity index (χ1) is 16.5. The number of nitrogens with zero attached hydrogens (tertiary/aromatic N) is 2. The second-order valence-electron chi connectivity index (χ2n) is 11.3. The van der Waals surface area contributed by atoms with E-state index in [1.165, 1.54) is 24.1 Å². The molecule has 0 spiro atoms. The molecular weight excluding hydrogens is 460 g/mol. The number of ether oxygens (including phenoxy) is 1. The van der Waals surface area contributed by atoms with E-state index in [9.17, 15) is 9.90 Å². The number of benzene rings is 2. The van der Waals surface area contributed by atoms with Gasteiger partial charge < -0.3 is 19.3 Å². The SMILES string of the molecule is Cc1c([C@H](OC(C)(C)C)C(=O)O)c(-c2ccc(Cl)cc2)c2cc(C)n3c2c1N(CC1CC1)[C@@H](C)C3. The monoisotopic (exact) mass is 494 g/mol. The number of carbonyl (C=O) groups is 1. The Bertz CT molecular complexity index is 1300. The molecular formula is C29H35ClN2O3. The molecule has 0 radical (unpaired) electrons. The lowest BCUT2D eigenvalue weighted by Gasteiger charge is -2.40. The highest BCUT2D eigenvalue weighted by Gasteiger charge is 2.38. The van der Waals surface area contributed by atoms with Gasteiger partial charge in [-0.15, -0.1) is 0 Å². The van der Waals surface area contributed by atoms with Gasteiger partial charge in [0, 0.05) is 40.8 Å². The van der Waals surface area contributed by atoms with Gasteiger partial charge in [0.25, 0.3) is 0 Å². The minimum absolute atomic E-state index is 0.331. The highest BCUT2D eigenvalue weighted by molar-refractivity contribution is 6.30. The number of carboxylic acids is 1. The highest BCUT2D eigenvalue weighted by atomic mass is 35.5. The van der Waals surface area contributed by atoms with Crippen LogP contribution in [-0.4, -0.2) is 33.8 Å². The van der Waals surface area contributed by atoms with Crippen LogP contribution in [0.2, 0.25) is 5.02 Å². The second kappa shape index (κ2) is 8.56. The minimum atomic E-state index is -1.09. The van der Waals surface area contributed by atoms with Crippen molar-refractivity contribution in [3.05, 3.63) is 52.2 Å². The van der Waals surface area contributed by atoms with Crippen molar-refractivity contribution in [1.82, 2.24) is 4.57 Å². The average molecular weight is 495 g/mol. The van der Waals surface area contributed by atoms with Gasteiger partial charge in [-0.3, -0.25) is 0 Å². The molecule has 1 aromatic heterocycles. The highest BCUT2D eigenvalue weighted by Crippen LogP contribution is 2.49. The number of hydrogen-bond acceptors (Lipinski definition) is 3. The van der Waals surface area contributed by atoms with E-state index in [-0.39, 0.29) is 0 Å². The molecule has 2 aliphatic rings. The molecule has 186 valence electrons. The molecule has 0 amide bonds.